The molecule has 0 atom stereocenters. The molecule has 0 amide bonds. The molecule has 1 aliphatic carbocycles. The lowest BCUT2D eigenvalue weighted by atomic mass is 9.81. The number of methoxy groups -OCH3 is 1. The van der Waals surface area contributed by atoms with Gasteiger partial charge < -0.3 is 19.9 Å². The van der Waals surface area contributed by atoms with Crippen molar-refractivity contribution in [1.29, 1.82) is 0 Å². The molecule has 3 aromatic rings. The largest absolute Gasteiger partial charge is 0.465 e. The molecule has 0 bridgehead atoms. The molecule has 170 valence electrons. The topological polar surface area (TPSA) is 57.4 Å². The number of ether oxygens (including phenoxy) is 1. The third kappa shape index (κ3) is 4.89. The number of likely N-dealkylation sites (N-methyl/N-ethyl adjacent to an activating group) is 1. The molecule has 5 heteroatoms. The minimum Gasteiger partial charge on any atom is -0.465 e. The lowest BCUT2D eigenvalue weighted by Crippen LogP contribution is -2.26. The standard InChI is InChI=1S/C27H35N3O2/c1-30(2)16-15-28-18-21-11-7-8-12-22(21)26-25(19-9-5-4-6-10-19)23-14-13-20(27(31)32-3)17-24(23)29-26/h7-8,11-14,17,19,28-29H,4-6,9-10,15-16,18H2,1-3H3. The molecule has 0 aliphatic heterocycles. The van der Waals surface area contributed by atoms with Crippen molar-refractivity contribution in [2.45, 2.75) is 44.6 Å². The quantitative estimate of drug-likeness (QED) is 0.373. The number of nitrogens with zero attached hydrogens (tertiary/aromatic N) is 1. The molecule has 0 unspecified atom stereocenters. The first-order chi connectivity index (χ1) is 15.6. The summed E-state index contributed by atoms with van der Waals surface area (Å²) >= 11 is 0. The van der Waals surface area contributed by atoms with Gasteiger partial charge in [-0.25, -0.2) is 4.79 Å². The van der Waals surface area contributed by atoms with Crippen molar-refractivity contribution in [3.63, 3.8) is 0 Å². The number of esters is 1. The maximum absolute atomic E-state index is 12.1. The molecule has 0 saturated heterocycles. The zero-order chi connectivity index (χ0) is 22.5. The predicted molar refractivity (Wildman–Crippen MR) is 131 cm³/mol. The number of carbonyl (C=O) groups is 1. The van der Waals surface area contributed by atoms with Crippen molar-refractivity contribution in [2.75, 3.05) is 34.3 Å². The number of benzene rings is 2. The summed E-state index contributed by atoms with van der Waals surface area (Å²) in [5, 5.41) is 4.82. The van der Waals surface area contributed by atoms with Gasteiger partial charge >= 0.3 is 5.97 Å². The third-order valence-electron chi connectivity index (χ3n) is 6.61. The van der Waals surface area contributed by atoms with Crippen LogP contribution in [-0.2, 0) is 11.3 Å². The molecule has 1 heterocycles. The van der Waals surface area contributed by atoms with E-state index in [-0.39, 0.29) is 5.97 Å². The molecule has 4 rings (SSSR count). The van der Waals surface area contributed by atoms with Crippen LogP contribution in [0, 0.1) is 0 Å². The van der Waals surface area contributed by atoms with Gasteiger partial charge in [0.15, 0.2) is 0 Å². The van der Waals surface area contributed by atoms with Crippen molar-refractivity contribution in [3.8, 4) is 11.3 Å². The van der Waals surface area contributed by atoms with Gasteiger partial charge in [0, 0.05) is 36.1 Å². The number of hydrogen-bond acceptors (Lipinski definition) is 4. The van der Waals surface area contributed by atoms with Gasteiger partial charge in [0.2, 0.25) is 0 Å². The van der Waals surface area contributed by atoms with Gasteiger partial charge in [-0.3, -0.25) is 0 Å². The van der Waals surface area contributed by atoms with Crippen LogP contribution in [0.25, 0.3) is 22.2 Å². The Bertz CT molecular complexity index is 1060. The van der Waals surface area contributed by atoms with E-state index in [0.717, 1.165) is 25.2 Å². The Morgan fingerprint density at radius 3 is 2.66 bits per heavy atom. The number of aromatic nitrogens is 1. The summed E-state index contributed by atoms with van der Waals surface area (Å²) in [5.41, 5.74) is 6.76. The molecule has 1 fully saturated rings. The number of nitrogens with one attached hydrogen (secondary N) is 2. The first-order valence-electron chi connectivity index (χ1n) is 11.8. The molecule has 1 aromatic heterocycles. The van der Waals surface area contributed by atoms with Crippen LogP contribution in [0.15, 0.2) is 42.5 Å². The lowest BCUT2D eigenvalue weighted by Gasteiger charge is -2.23. The Kier molecular flexibility index (Phi) is 7.28. The van der Waals surface area contributed by atoms with E-state index in [0.29, 0.717) is 11.5 Å². The molecule has 2 N–H and O–H groups in total. The Labute approximate surface area is 191 Å². The van der Waals surface area contributed by atoms with Crippen LogP contribution >= 0.6 is 0 Å². The Hall–Kier alpha value is -2.63. The maximum atomic E-state index is 12.1. The van der Waals surface area contributed by atoms with Crippen LogP contribution in [0.2, 0.25) is 0 Å². The second-order valence-electron chi connectivity index (χ2n) is 9.14. The van der Waals surface area contributed by atoms with E-state index in [1.54, 1.807) is 0 Å². The number of fused-ring (bicyclic) bond motifs is 1. The first-order valence-corrected chi connectivity index (χ1v) is 11.8. The summed E-state index contributed by atoms with van der Waals surface area (Å²) in [7, 11) is 5.62. The van der Waals surface area contributed by atoms with Gasteiger partial charge in [-0.05, 0) is 56.1 Å². The molecular weight excluding hydrogens is 398 g/mol. The number of aromatic amines is 1. The summed E-state index contributed by atoms with van der Waals surface area (Å²) in [4.78, 5) is 18.0. The number of hydrogen-bond donors (Lipinski definition) is 2. The summed E-state index contributed by atoms with van der Waals surface area (Å²) < 4.78 is 4.95. The highest BCUT2D eigenvalue weighted by Gasteiger charge is 2.25. The van der Waals surface area contributed by atoms with Crippen molar-refractivity contribution >= 4 is 16.9 Å². The highest BCUT2D eigenvalue weighted by atomic mass is 16.5. The minimum atomic E-state index is -0.298. The fraction of sp³-hybridized carbons (Fsp3) is 0.444. The summed E-state index contributed by atoms with van der Waals surface area (Å²) in [6.07, 6.45) is 6.34. The lowest BCUT2D eigenvalue weighted by molar-refractivity contribution is 0.0601. The Morgan fingerprint density at radius 2 is 1.91 bits per heavy atom. The van der Waals surface area contributed by atoms with Gasteiger partial charge in [-0.2, -0.15) is 0 Å². The van der Waals surface area contributed by atoms with Crippen LogP contribution in [0.1, 0.15) is 59.5 Å². The van der Waals surface area contributed by atoms with E-state index >= 15 is 0 Å². The normalized spacial score (nSPS) is 14.9. The molecule has 0 spiro atoms. The Morgan fingerprint density at radius 1 is 1.12 bits per heavy atom. The van der Waals surface area contributed by atoms with Gasteiger partial charge in [-0.15, -0.1) is 0 Å². The van der Waals surface area contributed by atoms with Crippen molar-refractivity contribution in [2.24, 2.45) is 0 Å². The van der Waals surface area contributed by atoms with Crippen LogP contribution in [0.3, 0.4) is 0 Å². The zero-order valence-electron chi connectivity index (χ0n) is 19.5. The number of carbonyl (C=O) groups excluding carboxylic acids is 1. The molecule has 0 radical (unpaired) electrons. The molecule has 1 aliphatic rings. The second-order valence-corrected chi connectivity index (χ2v) is 9.14. The van der Waals surface area contributed by atoms with Crippen LogP contribution in [0.4, 0.5) is 0 Å². The molecule has 2 aromatic carbocycles. The average molecular weight is 434 g/mol. The van der Waals surface area contributed by atoms with Gasteiger partial charge in [0.05, 0.1) is 18.4 Å². The van der Waals surface area contributed by atoms with Crippen LogP contribution < -0.4 is 5.32 Å². The second kappa shape index (κ2) is 10.3. The van der Waals surface area contributed by atoms with Crippen molar-refractivity contribution in [3.05, 3.63) is 59.2 Å². The molecule has 32 heavy (non-hydrogen) atoms. The smallest absolute Gasteiger partial charge is 0.337 e. The third-order valence-corrected chi connectivity index (χ3v) is 6.61. The highest BCUT2D eigenvalue weighted by molar-refractivity contribution is 5.98. The molecular formula is C27H35N3O2. The fourth-order valence-corrected chi connectivity index (χ4v) is 4.94. The SMILES string of the molecule is COC(=O)c1ccc2c(C3CCCCC3)c(-c3ccccc3CNCCN(C)C)[nH]c2c1. The highest BCUT2D eigenvalue weighted by Crippen LogP contribution is 2.43. The van der Waals surface area contributed by atoms with Gasteiger partial charge in [-0.1, -0.05) is 49.6 Å². The maximum Gasteiger partial charge on any atom is 0.337 e. The van der Waals surface area contributed by atoms with E-state index in [2.05, 4.69) is 59.6 Å². The summed E-state index contributed by atoms with van der Waals surface area (Å²) in [6, 6.07) is 14.6. The van der Waals surface area contributed by atoms with E-state index in [1.807, 2.05) is 12.1 Å². The number of H-pyrrole nitrogens is 1. The number of rotatable bonds is 8. The monoisotopic (exact) mass is 433 g/mol. The van der Waals surface area contributed by atoms with Crippen molar-refractivity contribution < 1.29 is 9.53 Å². The molecule has 5 nitrogen and oxygen atoms in total. The fourth-order valence-electron chi connectivity index (χ4n) is 4.94. The van der Waals surface area contributed by atoms with Crippen molar-refractivity contribution in [1.82, 2.24) is 15.2 Å². The average Bonchev–Trinajstić information content (AvgIpc) is 3.20. The Balaban J connectivity index is 1.76. The van der Waals surface area contributed by atoms with E-state index < -0.39 is 0 Å². The predicted octanol–water partition coefficient (Wildman–Crippen LogP) is 5.32. The molecule has 1 saturated carbocycles. The summed E-state index contributed by atoms with van der Waals surface area (Å²) in [6.45, 7) is 2.79. The van der Waals surface area contributed by atoms with Crippen LogP contribution in [0.5, 0.6) is 0 Å². The minimum absolute atomic E-state index is 0.298. The van der Waals surface area contributed by atoms with E-state index in [1.165, 1.54) is 67.0 Å². The summed E-state index contributed by atoms with van der Waals surface area (Å²) in [5.74, 6) is 0.249. The zero-order valence-corrected chi connectivity index (χ0v) is 19.5. The van der Waals surface area contributed by atoms with Crippen LogP contribution in [-0.4, -0.2) is 50.1 Å². The first kappa shape index (κ1) is 22.6. The van der Waals surface area contributed by atoms with Gasteiger partial charge in [0.1, 0.15) is 0 Å². The van der Waals surface area contributed by atoms with Gasteiger partial charge in [0.25, 0.3) is 0 Å². The van der Waals surface area contributed by atoms with E-state index in [9.17, 15) is 4.79 Å². The van der Waals surface area contributed by atoms with E-state index in [4.69, 9.17) is 4.74 Å².